The lowest BCUT2D eigenvalue weighted by atomic mass is 9.82. The maximum absolute atomic E-state index is 12.7. The standard InChI is InChI=1S/C22H27F3N6O3S/c23-22(24,25)35(33,34)17-6-3-15(4-7-17)31-20(27)18(21(28)32)12-30-19-8-5-16(9-14(19)10-26)29-11-13-1-2-13/h3-4,6-7,12-14,16,19,29-30H,1-2,5,8-9,11H2,(H2,27,31)(H2,28,32)/b18-12+/t14-,16-,19+/m1/s1. The Balaban J connectivity index is 1.69. The van der Waals surface area contributed by atoms with Crippen molar-refractivity contribution in [1.29, 1.82) is 5.26 Å². The molecular weight excluding hydrogens is 485 g/mol. The van der Waals surface area contributed by atoms with Gasteiger partial charge in [0, 0.05) is 18.3 Å². The Kier molecular flexibility index (Phi) is 8.07. The first-order valence-corrected chi connectivity index (χ1v) is 12.6. The number of hydrogen-bond donors (Lipinski definition) is 4. The van der Waals surface area contributed by atoms with Gasteiger partial charge in [-0.3, -0.25) is 4.79 Å². The molecule has 2 fully saturated rings. The normalized spacial score (nSPS) is 24.0. The van der Waals surface area contributed by atoms with Gasteiger partial charge in [0.05, 0.1) is 28.1 Å². The minimum absolute atomic E-state index is 0.0212. The van der Waals surface area contributed by atoms with Crippen molar-refractivity contribution in [2.24, 2.45) is 28.3 Å². The predicted molar refractivity (Wildman–Crippen MR) is 123 cm³/mol. The predicted octanol–water partition coefficient (Wildman–Crippen LogP) is 1.99. The van der Waals surface area contributed by atoms with Crippen molar-refractivity contribution < 1.29 is 26.4 Å². The van der Waals surface area contributed by atoms with Crippen molar-refractivity contribution in [3.05, 3.63) is 36.0 Å². The highest BCUT2D eigenvalue weighted by Crippen LogP contribution is 2.31. The summed E-state index contributed by atoms with van der Waals surface area (Å²) in [6, 6.07) is 5.87. The summed E-state index contributed by atoms with van der Waals surface area (Å²) in [5.74, 6) is -0.778. The summed E-state index contributed by atoms with van der Waals surface area (Å²) in [5, 5.41) is 16.1. The molecular formula is C22H27F3N6O3S. The van der Waals surface area contributed by atoms with E-state index in [0.29, 0.717) is 12.8 Å². The summed E-state index contributed by atoms with van der Waals surface area (Å²) in [5.41, 5.74) is 5.71. The number of alkyl halides is 3. The van der Waals surface area contributed by atoms with Crippen LogP contribution in [0.25, 0.3) is 0 Å². The van der Waals surface area contributed by atoms with Crippen LogP contribution in [0.15, 0.2) is 45.9 Å². The Morgan fingerprint density at radius 3 is 2.37 bits per heavy atom. The second kappa shape index (κ2) is 10.7. The third-order valence-electron chi connectivity index (χ3n) is 6.09. The molecule has 1 aromatic rings. The topological polar surface area (TPSA) is 163 Å². The quantitative estimate of drug-likeness (QED) is 0.223. The van der Waals surface area contributed by atoms with Crippen LogP contribution < -0.4 is 22.1 Å². The summed E-state index contributed by atoms with van der Waals surface area (Å²) >= 11 is 0. The van der Waals surface area contributed by atoms with Crippen molar-refractivity contribution in [2.45, 2.75) is 54.6 Å². The number of carbonyl (C=O) groups excluding carboxylic acids is 1. The van der Waals surface area contributed by atoms with Gasteiger partial charge in [0.1, 0.15) is 5.84 Å². The Hall–Kier alpha value is -3.11. The maximum Gasteiger partial charge on any atom is 0.501 e. The molecule has 2 aliphatic rings. The molecule has 2 saturated carbocycles. The first-order chi connectivity index (χ1) is 16.4. The lowest BCUT2D eigenvalue weighted by molar-refractivity contribution is -0.114. The minimum Gasteiger partial charge on any atom is -0.386 e. The van der Waals surface area contributed by atoms with Crippen LogP contribution in [0, 0.1) is 23.2 Å². The number of carbonyl (C=O) groups is 1. The molecule has 3 rings (SSSR count). The Labute approximate surface area is 201 Å². The number of primary amides is 1. The Morgan fingerprint density at radius 2 is 1.83 bits per heavy atom. The third kappa shape index (κ3) is 6.73. The van der Waals surface area contributed by atoms with Crippen molar-refractivity contribution in [2.75, 3.05) is 6.54 Å². The fraction of sp³-hybridized carbons (Fsp3) is 0.500. The number of halogens is 3. The van der Waals surface area contributed by atoms with Crippen LogP contribution in [-0.4, -0.2) is 44.3 Å². The smallest absolute Gasteiger partial charge is 0.386 e. The molecule has 0 radical (unpaired) electrons. The molecule has 6 N–H and O–H groups in total. The number of hydrogen-bond acceptors (Lipinski definition) is 7. The summed E-state index contributed by atoms with van der Waals surface area (Å²) in [6.45, 7) is 0.961. The van der Waals surface area contributed by atoms with E-state index in [9.17, 15) is 31.6 Å². The van der Waals surface area contributed by atoms with Crippen molar-refractivity contribution in [1.82, 2.24) is 10.6 Å². The molecule has 190 valence electrons. The largest absolute Gasteiger partial charge is 0.501 e. The first-order valence-electron chi connectivity index (χ1n) is 11.1. The van der Waals surface area contributed by atoms with Crippen LogP contribution in [0.1, 0.15) is 32.1 Å². The molecule has 0 aliphatic heterocycles. The van der Waals surface area contributed by atoms with E-state index >= 15 is 0 Å². The van der Waals surface area contributed by atoms with Gasteiger partial charge in [-0.25, -0.2) is 13.4 Å². The molecule has 0 bridgehead atoms. The van der Waals surface area contributed by atoms with E-state index in [1.807, 2.05) is 0 Å². The first kappa shape index (κ1) is 26.5. The second-order valence-corrected chi connectivity index (χ2v) is 10.7. The highest BCUT2D eigenvalue weighted by molar-refractivity contribution is 7.92. The summed E-state index contributed by atoms with van der Waals surface area (Å²) in [4.78, 5) is 14.9. The van der Waals surface area contributed by atoms with Gasteiger partial charge in [-0.2, -0.15) is 18.4 Å². The molecule has 9 nitrogen and oxygen atoms in total. The number of amidine groups is 1. The van der Waals surface area contributed by atoms with Crippen molar-refractivity contribution in [3.8, 4) is 6.07 Å². The minimum atomic E-state index is -5.50. The molecule has 2 aliphatic carbocycles. The fourth-order valence-corrected chi connectivity index (χ4v) is 4.61. The zero-order valence-electron chi connectivity index (χ0n) is 18.8. The Bertz CT molecular complexity index is 1140. The van der Waals surface area contributed by atoms with Crippen LogP contribution in [0.3, 0.4) is 0 Å². The molecule has 1 amide bonds. The van der Waals surface area contributed by atoms with E-state index in [0.717, 1.165) is 43.1 Å². The molecule has 0 spiro atoms. The van der Waals surface area contributed by atoms with Crippen LogP contribution in [-0.2, 0) is 14.6 Å². The molecule has 1 aromatic carbocycles. The van der Waals surface area contributed by atoms with Gasteiger partial charge >= 0.3 is 5.51 Å². The zero-order chi connectivity index (χ0) is 25.8. The number of sulfone groups is 1. The third-order valence-corrected chi connectivity index (χ3v) is 7.59. The number of nitrogens with two attached hydrogens (primary N) is 2. The van der Waals surface area contributed by atoms with Gasteiger partial charge in [-0.1, -0.05) is 0 Å². The van der Waals surface area contributed by atoms with Gasteiger partial charge in [0.25, 0.3) is 15.7 Å². The van der Waals surface area contributed by atoms with E-state index < -0.39 is 26.1 Å². The highest BCUT2D eigenvalue weighted by atomic mass is 32.2. The van der Waals surface area contributed by atoms with Crippen LogP contribution in [0.4, 0.5) is 18.9 Å². The van der Waals surface area contributed by atoms with E-state index in [2.05, 4.69) is 21.7 Å². The summed E-state index contributed by atoms with van der Waals surface area (Å²) in [6.07, 6.45) is 5.99. The molecule has 0 heterocycles. The maximum atomic E-state index is 12.7. The molecule has 13 heteroatoms. The van der Waals surface area contributed by atoms with E-state index in [4.69, 9.17) is 11.5 Å². The monoisotopic (exact) mass is 512 g/mol. The van der Waals surface area contributed by atoms with Crippen molar-refractivity contribution in [3.63, 3.8) is 0 Å². The average molecular weight is 513 g/mol. The number of aliphatic imine (C=N–C) groups is 1. The number of nitrogens with one attached hydrogen (secondary N) is 2. The molecule has 0 aromatic heterocycles. The van der Waals surface area contributed by atoms with Gasteiger partial charge in [-0.15, -0.1) is 0 Å². The summed E-state index contributed by atoms with van der Waals surface area (Å²) in [7, 11) is -5.50. The Morgan fingerprint density at radius 1 is 1.17 bits per heavy atom. The molecule has 3 atom stereocenters. The number of nitrogens with zero attached hydrogens (tertiary/aromatic N) is 2. The average Bonchev–Trinajstić information content (AvgIpc) is 3.62. The van der Waals surface area contributed by atoms with Gasteiger partial charge in [0.15, 0.2) is 0 Å². The van der Waals surface area contributed by atoms with E-state index in [1.54, 1.807) is 0 Å². The number of amides is 1. The second-order valence-electron chi connectivity index (χ2n) is 8.73. The van der Waals surface area contributed by atoms with Crippen LogP contribution >= 0.6 is 0 Å². The highest BCUT2D eigenvalue weighted by Gasteiger charge is 2.46. The molecule has 0 unspecified atom stereocenters. The van der Waals surface area contributed by atoms with Crippen LogP contribution in [0.5, 0.6) is 0 Å². The lowest BCUT2D eigenvalue weighted by Gasteiger charge is -2.33. The number of nitriles is 1. The van der Waals surface area contributed by atoms with Crippen LogP contribution in [0.2, 0.25) is 0 Å². The SMILES string of the molecule is N#C[C@H]1C[C@H](NCC2CC2)CC[C@@H]1N/C=C(/C(N)=O)C(N)=Nc1ccc(S(=O)(=O)C(F)(F)F)cc1. The number of benzene rings is 1. The van der Waals surface area contributed by atoms with Crippen molar-refractivity contribution >= 4 is 27.3 Å². The summed E-state index contributed by atoms with van der Waals surface area (Å²) < 4.78 is 61.0. The molecule has 35 heavy (non-hydrogen) atoms. The van der Waals surface area contributed by atoms with Gasteiger partial charge < -0.3 is 22.1 Å². The van der Waals surface area contributed by atoms with E-state index in [-0.39, 0.29) is 35.1 Å². The molecule has 0 saturated heterocycles. The zero-order valence-corrected chi connectivity index (χ0v) is 19.6. The van der Waals surface area contributed by atoms with E-state index in [1.165, 1.54) is 19.0 Å². The lowest BCUT2D eigenvalue weighted by Crippen LogP contribution is -2.45. The number of rotatable bonds is 9. The van der Waals surface area contributed by atoms with Gasteiger partial charge in [0.2, 0.25) is 0 Å². The fourth-order valence-electron chi connectivity index (χ4n) is 3.85. The van der Waals surface area contributed by atoms with Gasteiger partial charge in [-0.05, 0) is 68.8 Å².